The summed E-state index contributed by atoms with van der Waals surface area (Å²) in [6.07, 6.45) is 5.98. The van der Waals surface area contributed by atoms with E-state index in [1.165, 1.54) is 0 Å². The SMILES string of the molecule is C[C@H](Cc1nccc2cccnc12)c1cc2cccc(-c3ccc(N)nc3)c2c(=O)n1-c1ccccc1. The van der Waals surface area contributed by atoms with Gasteiger partial charge in [0, 0.05) is 46.8 Å². The Balaban J connectivity index is 1.56. The molecule has 0 aliphatic rings. The number of hydrogen-bond donors (Lipinski definition) is 1. The minimum Gasteiger partial charge on any atom is -0.384 e. The Kier molecular flexibility index (Phi) is 5.69. The zero-order chi connectivity index (χ0) is 25.4. The summed E-state index contributed by atoms with van der Waals surface area (Å²) in [6, 6.07) is 27.5. The summed E-state index contributed by atoms with van der Waals surface area (Å²) in [5, 5.41) is 2.59. The zero-order valence-corrected chi connectivity index (χ0v) is 20.4. The number of fused-ring (bicyclic) bond motifs is 2. The van der Waals surface area contributed by atoms with Crippen LogP contribution >= 0.6 is 0 Å². The van der Waals surface area contributed by atoms with Crippen molar-refractivity contribution in [2.45, 2.75) is 19.3 Å². The lowest BCUT2D eigenvalue weighted by Crippen LogP contribution is -2.24. The molecular formula is C31H25N5O. The van der Waals surface area contributed by atoms with Gasteiger partial charge in [0.2, 0.25) is 0 Å². The highest BCUT2D eigenvalue weighted by Crippen LogP contribution is 2.31. The van der Waals surface area contributed by atoms with Crippen LogP contribution in [0, 0.1) is 0 Å². The molecule has 0 saturated heterocycles. The van der Waals surface area contributed by atoms with E-state index in [4.69, 9.17) is 5.73 Å². The van der Waals surface area contributed by atoms with Crippen LogP contribution in [0.4, 0.5) is 5.82 Å². The molecule has 2 aromatic carbocycles. The van der Waals surface area contributed by atoms with Gasteiger partial charge in [0.15, 0.2) is 0 Å². The van der Waals surface area contributed by atoms with E-state index in [1.54, 1.807) is 18.5 Å². The normalized spacial score (nSPS) is 12.1. The zero-order valence-electron chi connectivity index (χ0n) is 20.4. The van der Waals surface area contributed by atoms with Crippen molar-refractivity contribution in [3.63, 3.8) is 0 Å². The van der Waals surface area contributed by atoms with E-state index in [2.05, 4.69) is 27.9 Å². The molecule has 2 N–H and O–H groups in total. The summed E-state index contributed by atoms with van der Waals surface area (Å²) in [5.41, 5.74) is 11.0. The van der Waals surface area contributed by atoms with E-state index in [0.29, 0.717) is 17.6 Å². The number of pyridine rings is 4. The standard InChI is InChI=1S/C31H25N5O/c1-20(17-26-30-21(14-16-33-26)8-6-15-34-30)27-18-22-7-5-11-25(23-12-13-28(32)35-19-23)29(22)31(37)36(27)24-9-3-2-4-10-24/h2-16,18-20H,17H2,1H3,(H2,32,35)/t20-/m1/s1. The van der Waals surface area contributed by atoms with E-state index < -0.39 is 0 Å². The third kappa shape index (κ3) is 4.12. The van der Waals surface area contributed by atoms with Gasteiger partial charge in [-0.25, -0.2) is 4.98 Å². The summed E-state index contributed by atoms with van der Waals surface area (Å²) in [4.78, 5) is 27.8. The fourth-order valence-corrected chi connectivity index (χ4v) is 5.00. The Hall–Kier alpha value is -4.84. The minimum absolute atomic E-state index is 0.000686. The Labute approximate surface area is 214 Å². The number of anilines is 1. The van der Waals surface area contributed by atoms with E-state index in [-0.39, 0.29) is 11.5 Å². The van der Waals surface area contributed by atoms with E-state index >= 15 is 0 Å². The van der Waals surface area contributed by atoms with Crippen molar-refractivity contribution in [3.05, 3.63) is 125 Å². The highest BCUT2D eigenvalue weighted by atomic mass is 16.1. The summed E-state index contributed by atoms with van der Waals surface area (Å²) < 4.78 is 1.83. The number of para-hydroxylation sites is 1. The van der Waals surface area contributed by atoms with Crippen LogP contribution in [-0.4, -0.2) is 19.5 Å². The molecule has 0 unspecified atom stereocenters. The van der Waals surface area contributed by atoms with Gasteiger partial charge in [-0.3, -0.25) is 19.3 Å². The van der Waals surface area contributed by atoms with E-state index in [9.17, 15) is 4.79 Å². The van der Waals surface area contributed by atoms with Crippen molar-refractivity contribution in [2.75, 3.05) is 5.73 Å². The smallest absolute Gasteiger partial charge is 0.263 e. The van der Waals surface area contributed by atoms with Crippen molar-refractivity contribution in [2.24, 2.45) is 0 Å². The van der Waals surface area contributed by atoms with Gasteiger partial charge in [-0.05, 0) is 59.8 Å². The lowest BCUT2D eigenvalue weighted by molar-refractivity contribution is 0.688. The van der Waals surface area contributed by atoms with E-state index in [0.717, 1.165) is 44.5 Å². The maximum absolute atomic E-state index is 14.3. The predicted octanol–water partition coefficient (Wildman–Crippen LogP) is 5.92. The summed E-state index contributed by atoms with van der Waals surface area (Å²) in [5.74, 6) is 0.442. The topological polar surface area (TPSA) is 86.7 Å². The minimum atomic E-state index is -0.0676. The first kappa shape index (κ1) is 22.6. The Bertz CT molecular complexity index is 1790. The van der Waals surface area contributed by atoms with Gasteiger partial charge in [-0.2, -0.15) is 0 Å². The van der Waals surface area contributed by atoms with Crippen LogP contribution in [0.3, 0.4) is 0 Å². The van der Waals surface area contributed by atoms with Gasteiger partial charge in [0.1, 0.15) is 5.82 Å². The van der Waals surface area contributed by atoms with Crippen LogP contribution in [-0.2, 0) is 6.42 Å². The van der Waals surface area contributed by atoms with E-state index in [1.807, 2.05) is 83.6 Å². The molecule has 6 rings (SSSR count). The summed E-state index contributed by atoms with van der Waals surface area (Å²) in [7, 11) is 0. The molecule has 0 saturated carbocycles. The van der Waals surface area contributed by atoms with Gasteiger partial charge in [0.05, 0.1) is 16.6 Å². The number of hydrogen-bond acceptors (Lipinski definition) is 5. The molecule has 4 aromatic heterocycles. The fourth-order valence-electron chi connectivity index (χ4n) is 5.00. The molecule has 180 valence electrons. The van der Waals surface area contributed by atoms with Crippen LogP contribution in [0.5, 0.6) is 0 Å². The Morgan fingerprint density at radius 3 is 2.49 bits per heavy atom. The Morgan fingerprint density at radius 1 is 0.838 bits per heavy atom. The van der Waals surface area contributed by atoms with Crippen molar-refractivity contribution in [1.82, 2.24) is 19.5 Å². The van der Waals surface area contributed by atoms with Crippen molar-refractivity contribution >= 4 is 27.5 Å². The lowest BCUT2D eigenvalue weighted by atomic mass is 9.94. The van der Waals surface area contributed by atoms with Crippen LogP contribution in [0.25, 0.3) is 38.5 Å². The number of nitrogens with zero attached hydrogens (tertiary/aromatic N) is 4. The van der Waals surface area contributed by atoms with Crippen LogP contribution in [0.15, 0.2) is 108 Å². The molecule has 0 aliphatic carbocycles. The van der Waals surface area contributed by atoms with Crippen LogP contribution in [0.2, 0.25) is 0 Å². The second-order valence-electron chi connectivity index (χ2n) is 9.22. The molecule has 1 atom stereocenters. The summed E-state index contributed by atoms with van der Waals surface area (Å²) in [6.45, 7) is 2.14. The molecular weight excluding hydrogens is 458 g/mol. The molecule has 4 heterocycles. The Morgan fingerprint density at radius 2 is 1.68 bits per heavy atom. The number of rotatable bonds is 5. The first-order chi connectivity index (χ1) is 18.1. The maximum Gasteiger partial charge on any atom is 0.263 e. The molecule has 0 spiro atoms. The average Bonchev–Trinajstić information content (AvgIpc) is 2.94. The van der Waals surface area contributed by atoms with Gasteiger partial charge in [-0.1, -0.05) is 49.4 Å². The highest BCUT2D eigenvalue weighted by Gasteiger charge is 2.20. The monoisotopic (exact) mass is 483 g/mol. The third-order valence-electron chi connectivity index (χ3n) is 6.79. The van der Waals surface area contributed by atoms with Gasteiger partial charge in [0.25, 0.3) is 5.56 Å². The number of benzene rings is 2. The predicted molar refractivity (Wildman–Crippen MR) is 149 cm³/mol. The molecule has 0 aliphatic heterocycles. The molecule has 0 radical (unpaired) electrons. The lowest BCUT2D eigenvalue weighted by Gasteiger charge is -2.21. The van der Waals surface area contributed by atoms with Crippen molar-refractivity contribution < 1.29 is 0 Å². The van der Waals surface area contributed by atoms with Crippen molar-refractivity contribution in [1.29, 1.82) is 0 Å². The number of nitrogen functional groups attached to an aromatic ring is 1. The highest BCUT2D eigenvalue weighted by molar-refractivity contribution is 5.96. The van der Waals surface area contributed by atoms with Gasteiger partial charge in [-0.15, -0.1) is 0 Å². The maximum atomic E-state index is 14.3. The molecule has 0 fully saturated rings. The first-order valence-corrected chi connectivity index (χ1v) is 12.2. The second-order valence-corrected chi connectivity index (χ2v) is 9.22. The molecule has 6 heteroatoms. The first-order valence-electron chi connectivity index (χ1n) is 12.2. The largest absolute Gasteiger partial charge is 0.384 e. The molecule has 0 bridgehead atoms. The van der Waals surface area contributed by atoms with Gasteiger partial charge < -0.3 is 5.73 Å². The molecule has 6 aromatic rings. The molecule has 6 nitrogen and oxygen atoms in total. The van der Waals surface area contributed by atoms with Crippen LogP contribution in [0.1, 0.15) is 24.2 Å². The number of nitrogens with two attached hydrogens (primary N) is 1. The van der Waals surface area contributed by atoms with Gasteiger partial charge >= 0.3 is 0 Å². The fraction of sp³-hybridized carbons (Fsp3) is 0.0968. The van der Waals surface area contributed by atoms with Crippen molar-refractivity contribution in [3.8, 4) is 16.8 Å². The molecule has 0 amide bonds. The van der Waals surface area contributed by atoms with Crippen LogP contribution < -0.4 is 11.3 Å². The second kappa shape index (κ2) is 9.32. The average molecular weight is 484 g/mol. The molecule has 37 heavy (non-hydrogen) atoms. The number of aromatic nitrogens is 4. The quantitative estimate of drug-likeness (QED) is 0.329. The third-order valence-corrected chi connectivity index (χ3v) is 6.79. The summed E-state index contributed by atoms with van der Waals surface area (Å²) >= 11 is 0.